The van der Waals surface area contributed by atoms with Gasteiger partial charge in [0.05, 0.1) is 18.8 Å². The minimum Gasteiger partial charge on any atom is -0.394 e. The molecular weight excluding hydrogens is 450 g/mol. The van der Waals surface area contributed by atoms with Crippen LogP contribution in [0.2, 0.25) is 0 Å². The summed E-state index contributed by atoms with van der Waals surface area (Å²) in [5.74, 6) is -0.162. The molecule has 0 spiro atoms. The monoisotopic (exact) mass is 511 g/mol. The van der Waals surface area contributed by atoms with Crippen LogP contribution in [0.1, 0.15) is 155 Å². The van der Waals surface area contributed by atoms with Crippen LogP contribution in [-0.4, -0.2) is 46.1 Å². The maximum atomic E-state index is 12.2. The van der Waals surface area contributed by atoms with Crippen LogP contribution in [0.15, 0.2) is 12.2 Å². The lowest BCUT2D eigenvalue weighted by Gasteiger charge is -2.26. The van der Waals surface area contributed by atoms with Gasteiger partial charge in [-0.2, -0.15) is 0 Å². The van der Waals surface area contributed by atoms with Crippen LogP contribution in [0.3, 0.4) is 0 Å². The number of nitrogens with one attached hydrogen (secondary N) is 1. The fourth-order valence-corrected chi connectivity index (χ4v) is 4.61. The number of aliphatic hydroxyl groups excluding tert-OH is 3. The summed E-state index contributed by atoms with van der Waals surface area (Å²) >= 11 is 0. The minimum atomic E-state index is -1.13. The Morgan fingerprint density at radius 2 is 1.14 bits per heavy atom. The molecule has 5 heteroatoms. The number of allylic oxidation sites excluding steroid dienone is 2. The van der Waals surface area contributed by atoms with Crippen molar-refractivity contribution >= 4 is 5.91 Å². The molecule has 0 aromatic carbocycles. The summed E-state index contributed by atoms with van der Waals surface area (Å²) in [6.07, 6.45) is 27.2. The Morgan fingerprint density at radius 1 is 0.667 bits per heavy atom. The standard InChI is InChI=1S/C31H61NO4/c1-3-5-7-9-11-13-15-16-17-19-21-23-25-29(34)31(36)28(27-33)32-30(35)26-24-22-20-18-14-12-10-8-6-4-2/h10,12,28-29,31,33-34,36H,3-9,11,13-27H2,1-2H3,(H,32,35)/b12-10-. The molecule has 0 aliphatic carbocycles. The molecule has 0 radical (unpaired) electrons. The molecule has 0 bridgehead atoms. The molecule has 0 aliphatic rings. The Bertz CT molecular complexity index is 497. The predicted octanol–water partition coefficient (Wildman–Crippen LogP) is 7.36. The van der Waals surface area contributed by atoms with Gasteiger partial charge in [-0.1, -0.05) is 129 Å². The predicted molar refractivity (Wildman–Crippen MR) is 153 cm³/mol. The zero-order chi connectivity index (χ0) is 26.7. The number of rotatable bonds is 27. The molecule has 0 saturated heterocycles. The average molecular weight is 512 g/mol. The average Bonchev–Trinajstić information content (AvgIpc) is 2.88. The number of carbonyl (C=O) groups excluding carboxylic acids is 1. The van der Waals surface area contributed by atoms with E-state index in [4.69, 9.17) is 0 Å². The summed E-state index contributed by atoms with van der Waals surface area (Å²) in [5, 5.41) is 33.1. The van der Waals surface area contributed by atoms with E-state index in [9.17, 15) is 20.1 Å². The first-order chi connectivity index (χ1) is 17.6. The zero-order valence-corrected chi connectivity index (χ0v) is 23.9. The third-order valence-corrected chi connectivity index (χ3v) is 7.12. The van der Waals surface area contributed by atoms with Gasteiger partial charge in [0.25, 0.3) is 0 Å². The quantitative estimate of drug-likeness (QED) is 0.0685. The molecule has 36 heavy (non-hydrogen) atoms. The highest BCUT2D eigenvalue weighted by Crippen LogP contribution is 2.15. The topological polar surface area (TPSA) is 89.8 Å². The molecule has 3 atom stereocenters. The molecule has 1 amide bonds. The van der Waals surface area contributed by atoms with Crippen LogP contribution < -0.4 is 5.32 Å². The number of hydrogen-bond acceptors (Lipinski definition) is 4. The van der Waals surface area contributed by atoms with Gasteiger partial charge in [-0.05, 0) is 32.1 Å². The minimum absolute atomic E-state index is 0.162. The fourth-order valence-electron chi connectivity index (χ4n) is 4.61. The van der Waals surface area contributed by atoms with E-state index in [-0.39, 0.29) is 12.5 Å². The van der Waals surface area contributed by atoms with E-state index >= 15 is 0 Å². The van der Waals surface area contributed by atoms with Crippen molar-refractivity contribution in [3.05, 3.63) is 12.2 Å². The van der Waals surface area contributed by atoms with E-state index in [1.807, 2.05) is 0 Å². The first kappa shape index (κ1) is 35.1. The summed E-state index contributed by atoms with van der Waals surface area (Å²) < 4.78 is 0. The van der Waals surface area contributed by atoms with Crippen LogP contribution in [-0.2, 0) is 4.79 Å². The summed E-state index contributed by atoms with van der Waals surface area (Å²) in [6.45, 7) is 4.09. The molecule has 0 aromatic rings. The normalized spacial score (nSPS) is 14.2. The number of carbonyl (C=O) groups is 1. The van der Waals surface area contributed by atoms with Crippen LogP contribution in [0.4, 0.5) is 0 Å². The lowest BCUT2D eigenvalue weighted by Crippen LogP contribution is -2.50. The van der Waals surface area contributed by atoms with Crippen molar-refractivity contribution in [1.29, 1.82) is 0 Å². The third kappa shape index (κ3) is 22.3. The molecular formula is C31H61NO4. The molecule has 0 fully saturated rings. The van der Waals surface area contributed by atoms with Crippen molar-refractivity contribution in [2.75, 3.05) is 6.61 Å². The van der Waals surface area contributed by atoms with Crippen molar-refractivity contribution < 1.29 is 20.1 Å². The van der Waals surface area contributed by atoms with Crippen molar-refractivity contribution in [2.24, 2.45) is 0 Å². The first-order valence-electron chi connectivity index (χ1n) is 15.5. The van der Waals surface area contributed by atoms with Crippen molar-refractivity contribution in [2.45, 2.75) is 173 Å². The van der Waals surface area contributed by atoms with Gasteiger partial charge in [0.1, 0.15) is 6.10 Å². The highest BCUT2D eigenvalue weighted by molar-refractivity contribution is 5.76. The Morgan fingerprint density at radius 3 is 1.69 bits per heavy atom. The largest absolute Gasteiger partial charge is 0.394 e. The Hall–Kier alpha value is -0.910. The number of hydrogen-bond donors (Lipinski definition) is 4. The number of amides is 1. The second-order valence-corrected chi connectivity index (χ2v) is 10.7. The fraction of sp³-hybridized carbons (Fsp3) is 0.903. The molecule has 214 valence electrons. The van der Waals surface area contributed by atoms with E-state index in [2.05, 4.69) is 31.3 Å². The molecule has 0 rings (SSSR count). The van der Waals surface area contributed by atoms with Crippen molar-refractivity contribution in [3.63, 3.8) is 0 Å². The van der Waals surface area contributed by atoms with E-state index < -0.39 is 18.2 Å². The van der Waals surface area contributed by atoms with Crippen LogP contribution in [0.25, 0.3) is 0 Å². The number of unbranched alkanes of at least 4 members (excludes halogenated alkanes) is 17. The molecule has 0 saturated carbocycles. The molecule has 0 aliphatic heterocycles. The van der Waals surface area contributed by atoms with E-state index in [0.29, 0.717) is 12.8 Å². The van der Waals surface area contributed by atoms with Crippen molar-refractivity contribution in [3.8, 4) is 0 Å². The van der Waals surface area contributed by atoms with Gasteiger partial charge in [0.15, 0.2) is 0 Å². The van der Waals surface area contributed by atoms with E-state index in [1.165, 1.54) is 77.0 Å². The molecule has 0 heterocycles. The molecule has 4 N–H and O–H groups in total. The third-order valence-electron chi connectivity index (χ3n) is 7.12. The maximum absolute atomic E-state index is 12.2. The zero-order valence-electron chi connectivity index (χ0n) is 23.9. The number of aliphatic hydroxyl groups is 3. The highest BCUT2D eigenvalue weighted by atomic mass is 16.3. The highest BCUT2D eigenvalue weighted by Gasteiger charge is 2.26. The second kappa shape index (κ2) is 27.1. The molecule has 5 nitrogen and oxygen atoms in total. The molecule has 0 aromatic heterocycles. The first-order valence-corrected chi connectivity index (χ1v) is 15.5. The lowest BCUT2D eigenvalue weighted by atomic mass is 9.99. The van der Waals surface area contributed by atoms with Crippen molar-refractivity contribution in [1.82, 2.24) is 5.32 Å². The van der Waals surface area contributed by atoms with E-state index in [1.54, 1.807) is 0 Å². The van der Waals surface area contributed by atoms with Gasteiger partial charge in [-0.25, -0.2) is 0 Å². The van der Waals surface area contributed by atoms with Crippen LogP contribution in [0.5, 0.6) is 0 Å². The smallest absolute Gasteiger partial charge is 0.220 e. The Labute approximate surface area is 223 Å². The van der Waals surface area contributed by atoms with Gasteiger partial charge in [-0.3, -0.25) is 4.79 Å². The summed E-state index contributed by atoms with van der Waals surface area (Å²) in [5.41, 5.74) is 0. The SMILES string of the molecule is CCCC/C=C\CCCCCCC(=O)NC(CO)C(O)C(O)CCCCCCCCCCCCCC. The van der Waals surface area contributed by atoms with E-state index in [0.717, 1.165) is 51.4 Å². The van der Waals surface area contributed by atoms with Gasteiger partial charge in [0.2, 0.25) is 5.91 Å². The second-order valence-electron chi connectivity index (χ2n) is 10.7. The summed E-state index contributed by atoms with van der Waals surface area (Å²) in [4.78, 5) is 12.2. The Balaban J connectivity index is 3.78. The lowest BCUT2D eigenvalue weighted by molar-refractivity contribution is -0.124. The van der Waals surface area contributed by atoms with Gasteiger partial charge in [0, 0.05) is 6.42 Å². The van der Waals surface area contributed by atoms with Gasteiger partial charge >= 0.3 is 0 Å². The van der Waals surface area contributed by atoms with Gasteiger partial charge < -0.3 is 20.6 Å². The van der Waals surface area contributed by atoms with Crippen LogP contribution in [0, 0.1) is 0 Å². The van der Waals surface area contributed by atoms with Crippen LogP contribution >= 0.6 is 0 Å². The van der Waals surface area contributed by atoms with Gasteiger partial charge in [-0.15, -0.1) is 0 Å². The molecule has 3 unspecified atom stereocenters. The summed E-state index contributed by atoms with van der Waals surface area (Å²) in [7, 11) is 0. The maximum Gasteiger partial charge on any atom is 0.220 e. The summed E-state index contributed by atoms with van der Waals surface area (Å²) in [6, 6.07) is -0.807. The Kier molecular flexibility index (Phi) is 26.4.